The van der Waals surface area contributed by atoms with Crippen molar-refractivity contribution in [2.75, 3.05) is 4.90 Å². The van der Waals surface area contributed by atoms with Crippen molar-refractivity contribution in [2.24, 2.45) is 0 Å². The van der Waals surface area contributed by atoms with Gasteiger partial charge in [0.15, 0.2) is 5.82 Å². The Hall–Kier alpha value is -2.57. The smallest absolute Gasteiger partial charge is 0.299 e. The number of anilines is 1. The van der Waals surface area contributed by atoms with E-state index in [4.69, 9.17) is 4.52 Å². The van der Waals surface area contributed by atoms with Gasteiger partial charge < -0.3 is 4.52 Å². The maximum atomic E-state index is 13.8. The van der Waals surface area contributed by atoms with Crippen molar-refractivity contribution in [1.29, 1.82) is 0 Å². The van der Waals surface area contributed by atoms with Gasteiger partial charge in [0.1, 0.15) is 17.3 Å². The van der Waals surface area contributed by atoms with E-state index in [2.05, 4.69) is 5.16 Å². The third-order valence-corrected chi connectivity index (χ3v) is 2.98. The molecular weight excluding hydrogens is 270 g/mol. The Kier molecular flexibility index (Phi) is 2.63. The van der Waals surface area contributed by atoms with Crippen LogP contribution in [0.5, 0.6) is 0 Å². The van der Waals surface area contributed by atoms with E-state index in [1.807, 2.05) is 0 Å². The first-order valence-corrected chi connectivity index (χ1v) is 5.75. The molecule has 1 aromatic heterocycles. The van der Waals surface area contributed by atoms with Crippen molar-refractivity contribution in [1.82, 2.24) is 5.16 Å². The average Bonchev–Trinajstić information content (AvgIpc) is 2.88. The molecule has 0 unspecified atom stereocenters. The fraction of sp³-hybridized carbons (Fsp3) is 0.154. The van der Waals surface area contributed by atoms with E-state index >= 15 is 0 Å². The number of amides is 1. The Labute approximate surface area is 111 Å². The fourth-order valence-corrected chi connectivity index (χ4v) is 2.16. The molecule has 3 rings (SSSR count). The van der Waals surface area contributed by atoms with Crippen LogP contribution in [0.4, 0.5) is 14.5 Å². The molecule has 0 fully saturated rings. The number of hydrogen-bond donors (Lipinski definition) is 0. The van der Waals surface area contributed by atoms with Crippen molar-refractivity contribution >= 4 is 17.4 Å². The number of carbonyl (C=O) groups excluding carboxylic acids is 2. The van der Waals surface area contributed by atoms with Crippen LogP contribution in [0.25, 0.3) is 0 Å². The quantitative estimate of drug-likeness (QED) is 0.788. The first-order valence-electron chi connectivity index (χ1n) is 5.75. The van der Waals surface area contributed by atoms with Gasteiger partial charge in [0.05, 0.1) is 17.8 Å². The molecular formula is C13H8F2N2O3. The number of Topliss-reactive ketones (excluding diaryl/α,β-unsaturated/α-hetero) is 1. The van der Waals surface area contributed by atoms with Crippen LogP contribution in [0.15, 0.2) is 22.7 Å². The Morgan fingerprint density at radius 2 is 2.00 bits per heavy atom. The molecule has 0 saturated heterocycles. The predicted octanol–water partition coefficient (Wildman–Crippen LogP) is 1.99. The van der Waals surface area contributed by atoms with E-state index in [1.54, 1.807) is 13.0 Å². The molecule has 2 aromatic rings. The number of benzene rings is 1. The Bertz CT molecular complexity index is 739. The summed E-state index contributed by atoms with van der Waals surface area (Å²) in [6.45, 7) is 1.55. The van der Waals surface area contributed by atoms with Gasteiger partial charge >= 0.3 is 0 Å². The fourth-order valence-electron chi connectivity index (χ4n) is 2.16. The van der Waals surface area contributed by atoms with Crippen molar-refractivity contribution in [3.8, 4) is 0 Å². The van der Waals surface area contributed by atoms with Gasteiger partial charge in [-0.2, -0.15) is 0 Å². The van der Waals surface area contributed by atoms with Gasteiger partial charge in [0.25, 0.3) is 11.7 Å². The summed E-state index contributed by atoms with van der Waals surface area (Å²) in [6.07, 6.45) is 0. The summed E-state index contributed by atoms with van der Waals surface area (Å²) >= 11 is 0. The molecule has 0 bridgehead atoms. The first kappa shape index (κ1) is 12.5. The lowest BCUT2D eigenvalue weighted by Crippen LogP contribution is -2.29. The van der Waals surface area contributed by atoms with Gasteiger partial charge in [-0.15, -0.1) is 0 Å². The number of carbonyl (C=O) groups is 2. The highest BCUT2D eigenvalue weighted by Gasteiger charge is 2.39. The molecule has 5 nitrogen and oxygen atoms in total. The van der Waals surface area contributed by atoms with Gasteiger partial charge in [0.2, 0.25) is 0 Å². The molecule has 7 heteroatoms. The monoisotopic (exact) mass is 278 g/mol. The van der Waals surface area contributed by atoms with Gasteiger partial charge in [-0.25, -0.2) is 8.78 Å². The summed E-state index contributed by atoms with van der Waals surface area (Å²) in [4.78, 5) is 24.5. The Morgan fingerprint density at radius 1 is 1.25 bits per heavy atom. The summed E-state index contributed by atoms with van der Waals surface area (Å²) in [7, 11) is 0. The van der Waals surface area contributed by atoms with E-state index in [9.17, 15) is 18.4 Å². The van der Waals surface area contributed by atoms with Gasteiger partial charge in [-0.05, 0) is 13.0 Å². The van der Waals surface area contributed by atoms with Gasteiger partial charge in [-0.3, -0.25) is 14.5 Å². The number of fused-ring (bicyclic) bond motifs is 1. The molecule has 0 atom stereocenters. The van der Waals surface area contributed by atoms with Crippen molar-refractivity contribution in [3.05, 3.63) is 46.9 Å². The molecule has 0 N–H and O–H groups in total. The van der Waals surface area contributed by atoms with E-state index in [1.165, 1.54) is 0 Å². The molecule has 0 spiro atoms. The third kappa shape index (κ3) is 1.78. The maximum absolute atomic E-state index is 13.8. The lowest BCUT2D eigenvalue weighted by Gasteiger charge is -2.15. The molecule has 1 aliphatic heterocycles. The molecule has 0 radical (unpaired) electrons. The van der Waals surface area contributed by atoms with Crippen LogP contribution < -0.4 is 4.90 Å². The second kappa shape index (κ2) is 4.22. The van der Waals surface area contributed by atoms with Crippen molar-refractivity contribution < 1.29 is 22.9 Å². The van der Waals surface area contributed by atoms with Crippen LogP contribution in [-0.4, -0.2) is 16.8 Å². The van der Waals surface area contributed by atoms with Crippen LogP contribution in [-0.2, 0) is 11.3 Å². The maximum Gasteiger partial charge on any atom is 0.299 e. The summed E-state index contributed by atoms with van der Waals surface area (Å²) in [5.41, 5.74) is -0.116. The Balaban J connectivity index is 2.06. The van der Waals surface area contributed by atoms with E-state index < -0.39 is 23.3 Å². The molecule has 1 aromatic carbocycles. The molecule has 102 valence electrons. The average molecular weight is 278 g/mol. The highest BCUT2D eigenvalue weighted by molar-refractivity contribution is 6.52. The van der Waals surface area contributed by atoms with Crippen LogP contribution in [0.3, 0.4) is 0 Å². The SMILES string of the molecule is Cc1cc(CN2C(=O)C(=O)c3cc(F)cc(F)c32)no1. The van der Waals surface area contributed by atoms with E-state index in [-0.39, 0.29) is 17.8 Å². The Morgan fingerprint density at radius 3 is 2.65 bits per heavy atom. The zero-order valence-corrected chi connectivity index (χ0v) is 10.3. The number of rotatable bonds is 2. The van der Waals surface area contributed by atoms with Crippen LogP contribution in [0, 0.1) is 18.6 Å². The lowest BCUT2D eigenvalue weighted by atomic mass is 10.1. The van der Waals surface area contributed by atoms with Crippen molar-refractivity contribution in [2.45, 2.75) is 13.5 Å². The molecule has 1 aliphatic rings. The third-order valence-electron chi connectivity index (χ3n) is 2.98. The predicted molar refractivity (Wildman–Crippen MR) is 63.1 cm³/mol. The highest BCUT2D eigenvalue weighted by Crippen LogP contribution is 2.33. The van der Waals surface area contributed by atoms with E-state index in [0.717, 1.165) is 11.0 Å². The normalized spacial score (nSPS) is 14.1. The largest absolute Gasteiger partial charge is 0.361 e. The number of nitrogens with zero attached hydrogens (tertiary/aromatic N) is 2. The molecule has 0 saturated carbocycles. The molecule has 1 amide bonds. The van der Waals surface area contributed by atoms with Crippen LogP contribution >= 0.6 is 0 Å². The van der Waals surface area contributed by atoms with Crippen LogP contribution in [0.1, 0.15) is 21.8 Å². The topological polar surface area (TPSA) is 63.4 Å². The standard InChI is InChI=1S/C13H8F2N2O3/c1-6-2-8(16-20-6)5-17-11-9(12(18)13(17)19)3-7(14)4-10(11)15/h2-4H,5H2,1H3. The zero-order valence-electron chi connectivity index (χ0n) is 10.3. The van der Waals surface area contributed by atoms with Crippen LogP contribution in [0.2, 0.25) is 0 Å². The minimum Gasteiger partial charge on any atom is -0.361 e. The van der Waals surface area contributed by atoms with Crippen molar-refractivity contribution in [3.63, 3.8) is 0 Å². The second-order valence-corrected chi connectivity index (χ2v) is 4.43. The number of halogens is 2. The minimum absolute atomic E-state index is 0.114. The van der Waals surface area contributed by atoms with Gasteiger partial charge in [-0.1, -0.05) is 5.16 Å². The van der Waals surface area contributed by atoms with E-state index in [0.29, 0.717) is 17.5 Å². The number of aryl methyl sites for hydroxylation is 1. The zero-order chi connectivity index (χ0) is 14.4. The number of aromatic nitrogens is 1. The summed E-state index contributed by atoms with van der Waals surface area (Å²) in [6, 6.07) is 3.05. The second-order valence-electron chi connectivity index (χ2n) is 4.43. The molecule has 2 heterocycles. The molecule has 20 heavy (non-hydrogen) atoms. The van der Waals surface area contributed by atoms with Gasteiger partial charge in [0, 0.05) is 12.1 Å². The first-order chi connectivity index (χ1) is 9.47. The number of hydrogen-bond acceptors (Lipinski definition) is 4. The summed E-state index contributed by atoms with van der Waals surface area (Å²) < 4.78 is 31.8. The highest BCUT2D eigenvalue weighted by atomic mass is 19.1. The summed E-state index contributed by atoms with van der Waals surface area (Å²) in [5.74, 6) is -3.18. The molecule has 0 aliphatic carbocycles. The lowest BCUT2D eigenvalue weighted by molar-refractivity contribution is -0.114. The minimum atomic E-state index is -0.959. The number of ketones is 1. The summed E-state index contributed by atoms with van der Waals surface area (Å²) in [5, 5.41) is 3.68.